The summed E-state index contributed by atoms with van der Waals surface area (Å²) in [4.78, 5) is 24.3. The molecule has 1 amide bonds. The van der Waals surface area contributed by atoms with Gasteiger partial charge in [0.25, 0.3) is 7.82 Å². The Hall–Kier alpha value is -1.28. The summed E-state index contributed by atoms with van der Waals surface area (Å²) >= 11 is 0. The number of carbonyl (C=O) groups excluding carboxylic acids is 1. The van der Waals surface area contributed by atoms with Gasteiger partial charge in [-0.1, -0.05) is 95.2 Å². The average molecular weight is 601 g/mol. The molecule has 0 spiro atoms. The second-order valence-corrected chi connectivity index (χ2v) is 13.2. The van der Waals surface area contributed by atoms with E-state index in [1.807, 2.05) is 34.1 Å². The van der Waals surface area contributed by atoms with E-state index in [2.05, 4.69) is 36.5 Å². The lowest BCUT2D eigenvalue weighted by molar-refractivity contribution is -0.870. The maximum Gasteiger partial charge on any atom is 0.268 e. The van der Waals surface area contributed by atoms with Crippen LogP contribution < -0.4 is 10.2 Å². The molecule has 0 aromatic carbocycles. The summed E-state index contributed by atoms with van der Waals surface area (Å²) in [5.41, 5.74) is 0. The highest BCUT2D eigenvalue weighted by molar-refractivity contribution is 7.45. The van der Waals surface area contributed by atoms with Crippen LogP contribution in [-0.4, -0.2) is 68.5 Å². The molecule has 0 bridgehead atoms. The van der Waals surface area contributed by atoms with Gasteiger partial charge >= 0.3 is 0 Å². The Balaban J connectivity index is 4.30. The topological polar surface area (TPSA) is 108 Å². The lowest BCUT2D eigenvalue weighted by Crippen LogP contribution is -2.45. The zero-order chi connectivity index (χ0) is 30.8. The van der Waals surface area contributed by atoms with Gasteiger partial charge in [-0.2, -0.15) is 0 Å². The molecule has 0 saturated carbocycles. The van der Waals surface area contributed by atoms with Crippen LogP contribution in [0.3, 0.4) is 0 Å². The number of allylic oxidation sites excluding steroid dienone is 5. The number of quaternary nitrogens is 1. The SMILES string of the molecule is CCCCCCCCCC/C=C/CC/C=C/CC/C=C/C(O)C(COP(=O)([O-])OCC[N+](C)(C)C)NC(=O)CCC. The quantitative estimate of drug-likeness (QED) is 0.0476. The Bertz CT molecular complexity index is 779. The van der Waals surface area contributed by atoms with E-state index in [1.165, 1.54) is 57.8 Å². The van der Waals surface area contributed by atoms with Gasteiger partial charge in [0, 0.05) is 6.42 Å². The molecular weight excluding hydrogens is 539 g/mol. The van der Waals surface area contributed by atoms with E-state index in [9.17, 15) is 19.4 Å². The van der Waals surface area contributed by atoms with Crippen molar-refractivity contribution in [2.45, 2.75) is 122 Å². The first-order valence-corrected chi connectivity index (χ1v) is 17.3. The summed E-state index contributed by atoms with van der Waals surface area (Å²) in [6.07, 6.45) is 27.8. The van der Waals surface area contributed by atoms with Gasteiger partial charge in [-0.05, 0) is 44.9 Å². The van der Waals surface area contributed by atoms with Crippen molar-refractivity contribution in [3.63, 3.8) is 0 Å². The maximum absolute atomic E-state index is 12.1. The molecule has 9 heteroatoms. The minimum absolute atomic E-state index is 0.0112. The highest BCUT2D eigenvalue weighted by atomic mass is 31.2. The predicted molar refractivity (Wildman–Crippen MR) is 168 cm³/mol. The molecular formula is C32H61N2O6P. The van der Waals surface area contributed by atoms with Crippen LogP contribution in [0.5, 0.6) is 0 Å². The van der Waals surface area contributed by atoms with E-state index < -0.39 is 26.6 Å². The number of rotatable bonds is 27. The maximum atomic E-state index is 12.1. The van der Waals surface area contributed by atoms with E-state index in [1.54, 1.807) is 6.08 Å². The smallest absolute Gasteiger partial charge is 0.268 e. The van der Waals surface area contributed by atoms with Gasteiger partial charge in [-0.25, -0.2) is 0 Å². The first kappa shape index (κ1) is 39.7. The van der Waals surface area contributed by atoms with Gasteiger partial charge in [0.05, 0.1) is 39.9 Å². The summed E-state index contributed by atoms with van der Waals surface area (Å²) < 4.78 is 22.6. The zero-order valence-corrected chi connectivity index (χ0v) is 27.6. The van der Waals surface area contributed by atoms with E-state index in [4.69, 9.17) is 9.05 Å². The van der Waals surface area contributed by atoms with Gasteiger partial charge < -0.3 is 28.8 Å². The molecule has 0 aromatic heterocycles. The minimum Gasteiger partial charge on any atom is -0.756 e. The molecule has 3 unspecified atom stereocenters. The van der Waals surface area contributed by atoms with Gasteiger partial charge in [0.2, 0.25) is 5.91 Å². The first-order valence-electron chi connectivity index (χ1n) is 15.9. The van der Waals surface area contributed by atoms with E-state index in [-0.39, 0.29) is 18.9 Å². The summed E-state index contributed by atoms with van der Waals surface area (Å²) in [7, 11) is 1.22. The fourth-order valence-corrected chi connectivity index (χ4v) is 4.71. The summed E-state index contributed by atoms with van der Waals surface area (Å²) in [5, 5.41) is 13.3. The highest BCUT2D eigenvalue weighted by Crippen LogP contribution is 2.38. The van der Waals surface area contributed by atoms with Crippen molar-refractivity contribution < 1.29 is 32.9 Å². The van der Waals surface area contributed by atoms with Crippen LogP contribution in [0, 0.1) is 0 Å². The molecule has 3 atom stereocenters. The van der Waals surface area contributed by atoms with Crippen molar-refractivity contribution in [2.24, 2.45) is 0 Å². The molecule has 8 nitrogen and oxygen atoms in total. The van der Waals surface area contributed by atoms with Crippen molar-refractivity contribution in [1.29, 1.82) is 0 Å². The summed E-state index contributed by atoms with van der Waals surface area (Å²) in [6.45, 7) is 4.20. The third-order valence-corrected chi connectivity index (χ3v) is 7.51. The molecule has 240 valence electrons. The number of nitrogens with one attached hydrogen (secondary N) is 1. The number of carbonyl (C=O) groups is 1. The predicted octanol–water partition coefficient (Wildman–Crippen LogP) is 6.60. The molecule has 0 saturated heterocycles. The molecule has 0 aliphatic rings. The number of aliphatic hydroxyl groups is 1. The van der Waals surface area contributed by atoms with E-state index in [0.29, 0.717) is 17.4 Å². The van der Waals surface area contributed by atoms with Crippen LogP contribution >= 0.6 is 7.82 Å². The van der Waals surface area contributed by atoms with Gasteiger partial charge in [0.15, 0.2) is 0 Å². The third kappa shape index (κ3) is 27.3. The Morgan fingerprint density at radius 1 is 0.829 bits per heavy atom. The van der Waals surface area contributed by atoms with Crippen LogP contribution in [0.25, 0.3) is 0 Å². The largest absolute Gasteiger partial charge is 0.756 e. The zero-order valence-electron chi connectivity index (χ0n) is 26.7. The number of nitrogens with zero attached hydrogens (tertiary/aromatic N) is 1. The molecule has 0 rings (SSSR count). The fourth-order valence-electron chi connectivity index (χ4n) is 3.99. The average Bonchev–Trinajstić information content (AvgIpc) is 2.89. The molecule has 41 heavy (non-hydrogen) atoms. The molecule has 0 aromatic rings. The Morgan fingerprint density at radius 3 is 1.93 bits per heavy atom. The lowest BCUT2D eigenvalue weighted by atomic mass is 10.1. The van der Waals surface area contributed by atoms with Crippen LogP contribution in [-0.2, 0) is 18.4 Å². The number of phosphoric acid groups is 1. The van der Waals surface area contributed by atoms with Crippen LogP contribution in [0.1, 0.15) is 110 Å². The van der Waals surface area contributed by atoms with Crippen LogP contribution in [0.2, 0.25) is 0 Å². The van der Waals surface area contributed by atoms with Gasteiger partial charge in [0.1, 0.15) is 13.2 Å². The van der Waals surface area contributed by atoms with Crippen molar-refractivity contribution in [3.8, 4) is 0 Å². The molecule has 0 radical (unpaired) electrons. The second-order valence-electron chi connectivity index (χ2n) is 11.8. The number of hydrogen-bond acceptors (Lipinski definition) is 6. The molecule has 0 aliphatic heterocycles. The summed E-state index contributed by atoms with van der Waals surface area (Å²) in [6, 6.07) is -0.900. The second kappa shape index (κ2) is 25.2. The normalized spacial score (nSPS) is 15.6. The number of unbranched alkanes of at least 4 members (excludes halogenated alkanes) is 10. The number of phosphoric ester groups is 1. The van der Waals surface area contributed by atoms with Gasteiger partial charge in [-0.15, -0.1) is 0 Å². The number of aliphatic hydroxyl groups excluding tert-OH is 1. The van der Waals surface area contributed by atoms with Crippen molar-refractivity contribution >= 4 is 13.7 Å². The van der Waals surface area contributed by atoms with Crippen molar-refractivity contribution in [2.75, 3.05) is 40.9 Å². The van der Waals surface area contributed by atoms with E-state index >= 15 is 0 Å². The third-order valence-electron chi connectivity index (χ3n) is 6.55. The van der Waals surface area contributed by atoms with Crippen molar-refractivity contribution in [1.82, 2.24) is 5.32 Å². The fraction of sp³-hybridized carbons (Fsp3) is 0.781. The Morgan fingerprint density at radius 2 is 1.37 bits per heavy atom. The Kier molecular flexibility index (Phi) is 24.5. The summed E-state index contributed by atoms with van der Waals surface area (Å²) in [5.74, 6) is -0.269. The molecule has 2 N–H and O–H groups in total. The molecule has 0 fully saturated rings. The number of likely N-dealkylation sites (N-methyl/N-ethyl adjacent to an activating group) is 1. The first-order chi connectivity index (χ1) is 19.5. The molecule has 0 heterocycles. The van der Waals surface area contributed by atoms with Crippen LogP contribution in [0.15, 0.2) is 36.5 Å². The number of hydrogen-bond donors (Lipinski definition) is 2. The minimum atomic E-state index is -4.56. The highest BCUT2D eigenvalue weighted by Gasteiger charge is 2.22. The number of amides is 1. The molecule has 0 aliphatic carbocycles. The van der Waals surface area contributed by atoms with E-state index in [0.717, 1.165) is 25.7 Å². The Labute approximate surface area is 251 Å². The monoisotopic (exact) mass is 600 g/mol. The standard InChI is InChI=1S/C32H61N2O6P/c1-6-8-9-10-11-12-13-14-15-16-17-18-19-20-21-22-23-24-26-31(35)30(33-32(36)25-7-2)29-40-41(37,38)39-28-27-34(3,4)5/h16-17,20-21,24,26,30-31,35H,6-15,18-19,22-23,25,27-29H2,1-5H3,(H-,33,36,37,38)/b17-16+,21-20+,26-24+. The van der Waals surface area contributed by atoms with Crippen molar-refractivity contribution in [3.05, 3.63) is 36.5 Å². The lowest BCUT2D eigenvalue weighted by Gasteiger charge is -2.29. The van der Waals surface area contributed by atoms with Gasteiger partial charge in [-0.3, -0.25) is 9.36 Å². The van der Waals surface area contributed by atoms with Crippen LogP contribution in [0.4, 0.5) is 0 Å².